The van der Waals surface area contributed by atoms with E-state index in [4.69, 9.17) is 4.74 Å². The van der Waals surface area contributed by atoms with Crippen molar-refractivity contribution in [2.75, 3.05) is 17.6 Å². The Balaban J connectivity index is 1.65. The van der Waals surface area contributed by atoms with Crippen LogP contribution in [0.25, 0.3) is 21.7 Å². The monoisotopic (exact) mass is 581 g/mol. The Labute approximate surface area is 243 Å². The third-order valence-corrected chi connectivity index (χ3v) is 8.51. The molecule has 7 nitrogen and oxygen atoms in total. The molecule has 0 aliphatic rings. The number of hydrogen-bond acceptors (Lipinski definition) is 5. The van der Waals surface area contributed by atoms with Gasteiger partial charge in [0.2, 0.25) is 15.9 Å². The Morgan fingerprint density at radius 3 is 2.12 bits per heavy atom. The Bertz CT molecular complexity index is 1960. The molecule has 2 heterocycles. The summed E-state index contributed by atoms with van der Waals surface area (Å²) in [4.78, 5) is 4.63. The van der Waals surface area contributed by atoms with Crippen LogP contribution in [0.4, 0.5) is 10.1 Å². The van der Waals surface area contributed by atoms with Crippen LogP contribution in [0.2, 0.25) is 0 Å². The SMILES string of the molecule is CN(c1c2cccnc2c(OC(c2ccccc2)c2ccccc2)c2c(O)n(Cc3ccc(F)cc3)cc12)S(C)(=O)=O. The van der Waals surface area contributed by atoms with Crippen molar-refractivity contribution in [1.29, 1.82) is 0 Å². The summed E-state index contributed by atoms with van der Waals surface area (Å²) in [5.41, 5.74) is 3.31. The Morgan fingerprint density at radius 2 is 1.52 bits per heavy atom. The molecule has 0 bridgehead atoms. The number of hydrogen-bond donors (Lipinski definition) is 1. The summed E-state index contributed by atoms with van der Waals surface area (Å²) in [6.45, 7) is 0.215. The molecule has 0 unspecified atom stereocenters. The maximum Gasteiger partial charge on any atom is 0.232 e. The first-order chi connectivity index (χ1) is 20.2. The molecule has 2 aromatic heterocycles. The van der Waals surface area contributed by atoms with Crippen LogP contribution >= 0.6 is 0 Å². The lowest BCUT2D eigenvalue weighted by Crippen LogP contribution is -2.25. The number of fused-ring (bicyclic) bond motifs is 2. The number of halogens is 1. The van der Waals surface area contributed by atoms with Crippen LogP contribution in [-0.4, -0.2) is 36.4 Å². The van der Waals surface area contributed by atoms with Crippen molar-refractivity contribution >= 4 is 37.4 Å². The van der Waals surface area contributed by atoms with Crippen LogP contribution in [0.3, 0.4) is 0 Å². The summed E-state index contributed by atoms with van der Waals surface area (Å²) >= 11 is 0. The third kappa shape index (κ3) is 5.03. The molecule has 6 rings (SSSR count). The second-order valence-electron chi connectivity index (χ2n) is 10.1. The number of pyridine rings is 1. The maximum atomic E-state index is 13.6. The minimum absolute atomic E-state index is 0.125. The summed E-state index contributed by atoms with van der Waals surface area (Å²) in [6.07, 6.45) is 3.88. The minimum atomic E-state index is -3.70. The normalized spacial score (nSPS) is 11.8. The van der Waals surface area contributed by atoms with E-state index in [0.29, 0.717) is 33.1 Å². The van der Waals surface area contributed by atoms with E-state index < -0.39 is 16.1 Å². The molecule has 0 aliphatic heterocycles. The van der Waals surface area contributed by atoms with Gasteiger partial charge in [-0.05, 0) is 41.0 Å². The molecule has 0 fully saturated rings. The molecule has 0 saturated carbocycles. The van der Waals surface area contributed by atoms with Crippen molar-refractivity contribution < 1.29 is 22.7 Å². The molecular weight excluding hydrogens is 553 g/mol. The van der Waals surface area contributed by atoms with Crippen molar-refractivity contribution in [2.24, 2.45) is 0 Å². The van der Waals surface area contributed by atoms with Crippen molar-refractivity contribution in [1.82, 2.24) is 9.55 Å². The van der Waals surface area contributed by atoms with Gasteiger partial charge in [-0.25, -0.2) is 12.8 Å². The van der Waals surface area contributed by atoms with Gasteiger partial charge in [-0.3, -0.25) is 9.29 Å². The van der Waals surface area contributed by atoms with Gasteiger partial charge in [-0.15, -0.1) is 0 Å². The highest BCUT2D eigenvalue weighted by atomic mass is 32.2. The molecule has 9 heteroatoms. The smallest absolute Gasteiger partial charge is 0.232 e. The van der Waals surface area contributed by atoms with E-state index >= 15 is 0 Å². The number of aromatic nitrogens is 2. The van der Waals surface area contributed by atoms with Crippen LogP contribution in [0.1, 0.15) is 22.8 Å². The van der Waals surface area contributed by atoms with E-state index in [0.717, 1.165) is 22.9 Å². The Morgan fingerprint density at radius 1 is 0.905 bits per heavy atom. The zero-order valence-corrected chi connectivity index (χ0v) is 23.8. The van der Waals surface area contributed by atoms with E-state index in [9.17, 15) is 17.9 Å². The Hall–Kier alpha value is -4.89. The molecule has 0 saturated heterocycles. The molecule has 1 N–H and O–H groups in total. The third-order valence-electron chi connectivity index (χ3n) is 7.33. The summed E-state index contributed by atoms with van der Waals surface area (Å²) in [5.74, 6) is -0.169. The van der Waals surface area contributed by atoms with Crippen molar-refractivity contribution in [3.05, 3.63) is 132 Å². The summed E-state index contributed by atoms with van der Waals surface area (Å²) < 4.78 is 48.9. The van der Waals surface area contributed by atoms with Crippen molar-refractivity contribution in [3.8, 4) is 11.6 Å². The first kappa shape index (κ1) is 27.3. The maximum absolute atomic E-state index is 13.6. The zero-order valence-electron chi connectivity index (χ0n) is 23.0. The fraction of sp³-hybridized carbons (Fsp3) is 0.121. The van der Waals surface area contributed by atoms with Crippen molar-refractivity contribution in [3.63, 3.8) is 0 Å². The van der Waals surface area contributed by atoms with Gasteiger partial charge in [-0.2, -0.15) is 0 Å². The standard InChI is InChI=1S/C33H28FN3O4S/c1-36(42(2,39)40)30-26-14-9-19-35-29(26)32(41-31(23-10-5-3-6-11-23)24-12-7-4-8-13-24)28-27(30)21-37(33(28)38)20-22-15-17-25(34)18-16-22/h3-19,21,31,38H,20H2,1-2H3. The number of nitrogens with zero attached hydrogens (tertiary/aromatic N) is 3. The van der Waals surface area contributed by atoms with E-state index in [2.05, 4.69) is 4.98 Å². The number of sulfonamides is 1. The van der Waals surface area contributed by atoms with Crippen molar-refractivity contribution in [2.45, 2.75) is 12.6 Å². The lowest BCUT2D eigenvalue weighted by molar-refractivity contribution is 0.252. The predicted octanol–water partition coefficient (Wildman–Crippen LogP) is 6.65. The van der Waals surface area contributed by atoms with Crippen LogP contribution in [0.15, 0.2) is 109 Å². The van der Waals surface area contributed by atoms with Gasteiger partial charge in [-0.1, -0.05) is 72.8 Å². The largest absolute Gasteiger partial charge is 0.494 e. The number of anilines is 1. The van der Waals surface area contributed by atoms with Gasteiger partial charge in [0.25, 0.3) is 0 Å². The van der Waals surface area contributed by atoms with Gasteiger partial charge in [0.1, 0.15) is 17.4 Å². The fourth-order valence-electron chi connectivity index (χ4n) is 5.22. The highest BCUT2D eigenvalue weighted by Crippen LogP contribution is 2.48. The number of rotatable bonds is 8. The van der Waals surface area contributed by atoms with Crippen LogP contribution in [-0.2, 0) is 16.6 Å². The molecule has 0 amide bonds. The topological polar surface area (TPSA) is 84.7 Å². The number of ether oxygens (including phenoxy) is 1. The lowest BCUT2D eigenvalue weighted by Gasteiger charge is -2.24. The van der Waals surface area contributed by atoms with Gasteiger partial charge >= 0.3 is 0 Å². The number of aromatic hydroxyl groups is 1. The molecule has 42 heavy (non-hydrogen) atoms. The summed E-state index contributed by atoms with van der Waals surface area (Å²) in [6, 6.07) is 29.0. The predicted molar refractivity (Wildman–Crippen MR) is 163 cm³/mol. The summed E-state index contributed by atoms with van der Waals surface area (Å²) in [5, 5.41) is 13.1. The minimum Gasteiger partial charge on any atom is -0.494 e. The van der Waals surface area contributed by atoms with Crippen LogP contribution < -0.4 is 9.04 Å². The highest BCUT2D eigenvalue weighted by molar-refractivity contribution is 7.92. The van der Waals surface area contributed by atoms with E-state index in [1.165, 1.54) is 23.5 Å². The molecule has 0 radical (unpaired) electrons. The first-order valence-electron chi connectivity index (χ1n) is 13.3. The van der Waals surface area contributed by atoms with Gasteiger partial charge in [0.05, 0.1) is 23.9 Å². The summed E-state index contributed by atoms with van der Waals surface area (Å²) in [7, 11) is -2.22. The number of benzene rings is 4. The molecule has 0 atom stereocenters. The van der Waals surface area contributed by atoms with E-state index in [1.807, 2.05) is 60.7 Å². The molecule has 212 valence electrons. The molecule has 4 aromatic carbocycles. The van der Waals surface area contributed by atoms with Crippen LogP contribution in [0.5, 0.6) is 11.6 Å². The first-order valence-corrected chi connectivity index (χ1v) is 15.1. The molecule has 0 spiro atoms. The average Bonchev–Trinajstić information content (AvgIpc) is 3.31. The van der Waals surface area contributed by atoms with E-state index in [1.54, 1.807) is 41.2 Å². The Kier molecular flexibility index (Phi) is 7.04. The lowest BCUT2D eigenvalue weighted by atomic mass is 10.0. The second kappa shape index (κ2) is 10.8. The molecule has 6 aromatic rings. The van der Waals surface area contributed by atoms with Gasteiger partial charge in [0, 0.05) is 30.2 Å². The molecular formula is C33H28FN3O4S. The van der Waals surface area contributed by atoms with Gasteiger partial charge < -0.3 is 14.4 Å². The quantitative estimate of drug-likeness (QED) is 0.218. The molecule has 0 aliphatic carbocycles. The average molecular weight is 582 g/mol. The highest BCUT2D eigenvalue weighted by Gasteiger charge is 2.29. The zero-order chi connectivity index (χ0) is 29.4. The van der Waals surface area contributed by atoms with E-state index in [-0.39, 0.29) is 18.2 Å². The fourth-order valence-corrected chi connectivity index (χ4v) is 5.75. The van der Waals surface area contributed by atoms with Gasteiger partial charge in [0.15, 0.2) is 5.75 Å². The second-order valence-corrected chi connectivity index (χ2v) is 12.1. The van der Waals surface area contributed by atoms with Crippen LogP contribution in [0, 0.1) is 5.82 Å².